The number of unbranched alkanes of at least 4 members (excludes halogenated alkanes) is 1. The van der Waals surface area contributed by atoms with Crippen molar-refractivity contribution in [2.24, 2.45) is 0 Å². The average Bonchev–Trinajstić information content (AvgIpc) is 2.18. The van der Waals surface area contributed by atoms with Crippen LogP contribution in [0.1, 0.15) is 26.2 Å². The monoisotopic (exact) mass is 194 g/mol. The van der Waals surface area contributed by atoms with Crippen LogP contribution in [0.4, 0.5) is 0 Å². The number of ether oxygens (including phenoxy) is 1. The molecule has 0 unspecified atom stereocenters. The standard InChI is InChI=1S/C12H18O2/c1-11(13)7-5-6-10-14-12-8-3-2-4-9-12/h2-4,8-9,11,13H,5-7,10H2,1H3/t11-/m0/s1. The number of hydrogen-bond acceptors (Lipinski definition) is 2. The highest BCUT2D eigenvalue weighted by molar-refractivity contribution is 5.20. The molecule has 1 aromatic carbocycles. The van der Waals surface area contributed by atoms with Gasteiger partial charge in [-0.25, -0.2) is 0 Å². The third-order valence-corrected chi connectivity index (χ3v) is 2.03. The molecule has 0 saturated carbocycles. The van der Waals surface area contributed by atoms with Gasteiger partial charge in [0.05, 0.1) is 12.7 Å². The summed E-state index contributed by atoms with van der Waals surface area (Å²) in [5.41, 5.74) is 0. The molecule has 1 aromatic rings. The largest absolute Gasteiger partial charge is 0.494 e. The smallest absolute Gasteiger partial charge is 0.119 e. The molecule has 0 saturated heterocycles. The Hall–Kier alpha value is -1.02. The maximum Gasteiger partial charge on any atom is 0.119 e. The zero-order chi connectivity index (χ0) is 10.2. The van der Waals surface area contributed by atoms with E-state index in [9.17, 15) is 0 Å². The molecular formula is C12H18O2. The van der Waals surface area contributed by atoms with Crippen LogP contribution in [0.2, 0.25) is 0 Å². The SMILES string of the molecule is C[C@H](O)CCCCOc1ccccc1. The Balaban J connectivity index is 2.05. The Morgan fingerprint density at radius 3 is 2.57 bits per heavy atom. The lowest BCUT2D eigenvalue weighted by atomic mass is 10.2. The van der Waals surface area contributed by atoms with Crippen molar-refractivity contribution in [1.29, 1.82) is 0 Å². The molecule has 0 radical (unpaired) electrons. The maximum atomic E-state index is 9.03. The molecular weight excluding hydrogens is 176 g/mol. The van der Waals surface area contributed by atoms with E-state index in [1.807, 2.05) is 37.3 Å². The molecule has 78 valence electrons. The molecule has 1 N–H and O–H groups in total. The number of aliphatic hydroxyl groups excluding tert-OH is 1. The van der Waals surface area contributed by atoms with Crippen LogP contribution in [0.25, 0.3) is 0 Å². The molecule has 0 aliphatic heterocycles. The third-order valence-electron chi connectivity index (χ3n) is 2.03. The molecule has 1 rings (SSSR count). The summed E-state index contributed by atoms with van der Waals surface area (Å²) in [6.45, 7) is 2.55. The summed E-state index contributed by atoms with van der Waals surface area (Å²) in [5, 5.41) is 9.03. The van der Waals surface area contributed by atoms with Crippen molar-refractivity contribution in [1.82, 2.24) is 0 Å². The fourth-order valence-corrected chi connectivity index (χ4v) is 1.25. The minimum atomic E-state index is -0.188. The van der Waals surface area contributed by atoms with Crippen LogP contribution in [-0.4, -0.2) is 17.8 Å². The highest BCUT2D eigenvalue weighted by Gasteiger charge is 1.96. The van der Waals surface area contributed by atoms with Gasteiger partial charge in [-0.3, -0.25) is 0 Å². The van der Waals surface area contributed by atoms with Gasteiger partial charge in [0, 0.05) is 0 Å². The zero-order valence-corrected chi connectivity index (χ0v) is 8.65. The van der Waals surface area contributed by atoms with Gasteiger partial charge in [0.15, 0.2) is 0 Å². The number of para-hydroxylation sites is 1. The van der Waals surface area contributed by atoms with Crippen LogP contribution in [0.3, 0.4) is 0 Å². The molecule has 0 aromatic heterocycles. The van der Waals surface area contributed by atoms with Gasteiger partial charge in [-0.2, -0.15) is 0 Å². The quantitative estimate of drug-likeness (QED) is 0.705. The first-order valence-electron chi connectivity index (χ1n) is 5.15. The van der Waals surface area contributed by atoms with Gasteiger partial charge in [-0.05, 0) is 38.3 Å². The minimum absolute atomic E-state index is 0.188. The van der Waals surface area contributed by atoms with Crippen molar-refractivity contribution in [3.05, 3.63) is 30.3 Å². The average molecular weight is 194 g/mol. The van der Waals surface area contributed by atoms with Crippen molar-refractivity contribution in [2.75, 3.05) is 6.61 Å². The molecule has 0 spiro atoms. The minimum Gasteiger partial charge on any atom is -0.494 e. The first kappa shape index (κ1) is 11.1. The van der Waals surface area contributed by atoms with Gasteiger partial charge in [-0.1, -0.05) is 18.2 Å². The van der Waals surface area contributed by atoms with Crippen LogP contribution >= 0.6 is 0 Å². The molecule has 0 bridgehead atoms. The topological polar surface area (TPSA) is 29.5 Å². The molecule has 2 nitrogen and oxygen atoms in total. The summed E-state index contributed by atoms with van der Waals surface area (Å²) < 4.78 is 5.51. The Kier molecular flexibility index (Phi) is 5.08. The Morgan fingerprint density at radius 1 is 1.21 bits per heavy atom. The summed E-state index contributed by atoms with van der Waals surface area (Å²) in [7, 11) is 0. The summed E-state index contributed by atoms with van der Waals surface area (Å²) in [6, 6.07) is 9.81. The molecule has 2 heteroatoms. The Bertz CT molecular complexity index is 231. The summed E-state index contributed by atoms with van der Waals surface area (Å²) in [6.07, 6.45) is 2.69. The van der Waals surface area contributed by atoms with Gasteiger partial charge in [-0.15, -0.1) is 0 Å². The predicted molar refractivity (Wildman–Crippen MR) is 57.5 cm³/mol. The van der Waals surface area contributed by atoms with Gasteiger partial charge < -0.3 is 9.84 Å². The zero-order valence-electron chi connectivity index (χ0n) is 8.65. The second-order valence-electron chi connectivity index (χ2n) is 3.51. The van der Waals surface area contributed by atoms with E-state index in [2.05, 4.69) is 0 Å². The lowest BCUT2D eigenvalue weighted by molar-refractivity contribution is 0.177. The van der Waals surface area contributed by atoms with Crippen molar-refractivity contribution < 1.29 is 9.84 Å². The van der Waals surface area contributed by atoms with Gasteiger partial charge in [0.2, 0.25) is 0 Å². The van der Waals surface area contributed by atoms with E-state index in [4.69, 9.17) is 9.84 Å². The predicted octanol–water partition coefficient (Wildman–Crippen LogP) is 2.62. The van der Waals surface area contributed by atoms with E-state index in [-0.39, 0.29) is 6.10 Å². The van der Waals surface area contributed by atoms with Crippen LogP contribution < -0.4 is 4.74 Å². The fraction of sp³-hybridized carbons (Fsp3) is 0.500. The van der Waals surface area contributed by atoms with E-state index in [1.165, 1.54) is 0 Å². The molecule has 0 aliphatic carbocycles. The Labute approximate surface area is 85.5 Å². The molecule has 0 heterocycles. The normalized spacial score (nSPS) is 12.4. The Morgan fingerprint density at radius 2 is 1.93 bits per heavy atom. The summed E-state index contributed by atoms with van der Waals surface area (Å²) in [5.74, 6) is 0.921. The highest BCUT2D eigenvalue weighted by Crippen LogP contribution is 2.09. The first-order valence-corrected chi connectivity index (χ1v) is 5.15. The van der Waals surface area contributed by atoms with E-state index >= 15 is 0 Å². The van der Waals surface area contributed by atoms with E-state index in [1.54, 1.807) is 0 Å². The molecule has 14 heavy (non-hydrogen) atoms. The highest BCUT2D eigenvalue weighted by atomic mass is 16.5. The summed E-state index contributed by atoms with van der Waals surface area (Å²) >= 11 is 0. The van der Waals surface area contributed by atoms with Crippen LogP contribution in [0.5, 0.6) is 5.75 Å². The van der Waals surface area contributed by atoms with Crippen molar-refractivity contribution >= 4 is 0 Å². The number of aliphatic hydroxyl groups is 1. The summed E-state index contributed by atoms with van der Waals surface area (Å²) in [4.78, 5) is 0. The lowest BCUT2D eigenvalue weighted by Crippen LogP contribution is -2.02. The third kappa shape index (κ3) is 4.87. The van der Waals surface area contributed by atoms with Crippen LogP contribution in [0, 0.1) is 0 Å². The van der Waals surface area contributed by atoms with Crippen LogP contribution in [-0.2, 0) is 0 Å². The van der Waals surface area contributed by atoms with E-state index in [0.717, 1.165) is 31.6 Å². The van der Waals surface area contributed by atoms with Crippen LogP contribution in [0.15, 0.2) is 30.3 Å². The molecule has 0 fully saturated rings. The number of rotatable bonds is 6. The number of benzene rings is 1. The van der Waals surface area contributed by atoms with Crippen molar-refractivity contribution in [2.45, 2.75) is 32.3 Å². The second kappa shape index (κ2) is 6.44. The molecule has 0 aliphatic rings. The van der Waals surface area contributed by atoms with Crippen molar-refractivity contribution in [3.63, 3.8) is 0 Å². The van der Waals surface area contributed by atoms with E-state index in [0.29, 0.717) is 0 Å². The first-order chi connectivity index (χ1) is 6.79. The molecule has 0 amide bonds. The molecule has 1 atom stereocenters. The van der Waals surface area contributed by atoms with Gasteiger partial charge in [0.1, 0.15) is 5.75 Å². The maximum absolute atomic E-state index is 9.03. The fourth-order valence-electron chi connectivity index (χ4n) is 1.25. The second-order valence-corrected chi connectivity index (χ2v) is 3.51. The van der Waals surface area contributed by atoms with E-state index < -0.39 is 0 Å². The van der Waals surface area contributed by atoms with Gasteiger partial charge >= 0.3 is 0 Å². The number of hydrogen-bond donors (Lipinski definition) is 1. The lowest BCUT2D eigenvalue weighted by Gasteiger charge is -2.06. The van der Waals surface area contributed by atoms with Crippen molar-refractivity contribution in [3.8, 4) is 5.75 Å². The van der Waals surface area contributed by atoms with Gasteiger partial charge in [0.25, 0.3) is 0 Å².